The van der Waals surface area contributed by atoms with E-state index in [-0.39, 0.29) is 0 Å². The zero-order valence-electron chi connectivity index (χ0n) is 12.8. The number of nitrogens with zero attached hydrogens (tertiary/aromatic N) is 4. The first kappa shape index (κ1) is 13.9. The zero-order valence-corrected chi connectivity index (χ0v) is 12.8. The molecule has 2 heterocycles. The van der Waals surface area contributed by atoms with Crippen LogP contribution in [-0.4, -0.2) is 26.8 Å². The lowest BCUT2D eigenvalue weighted by Gasteiger charge is -2.11. The molecule has 0 spiro atoms. The molecule has 0 radical (unpaired) electrons. The number of aromatic nitrogens is 4. The first-order valence-corrected chi connectivity index (χ1v) is 7.47. The lowest BCUT2D eigenvalue weighted by Crippen LogP contribution is -2.04. The summed E-state index contributed by atoms with van der Waals surface area (Å²) < 4.78 is 7.80. The molecule has 2 aromatic rings. The molecule has 2 aromatic heterocycles. The summed E-state index contributed by atoms with van der Waals surface area (Å²) in [5, 5.41) is 7.39. The maximum Gasteiger partial charge on any atom is 0.227 e. The fourth-order valence-electron chi connectivity index (χ4n) is 2.24. The molecule has 0 unspecified atom stereocenters. The molecule has 0 aliphatic heterocycles. The van der Waals surface area contributed by atoms with Gasteiger partial charge >= 0.3 is 0 Å². The molecule has 1 N–H and O–H groups in total. The first-order chi connectivity index (χ1) is 10.2. The van der Waals surface area contributed by atoms with E-state index in [9.17, 15) is 0 Å². The Morgan fingerprint density at radius 1 is 1.38 bits per heavy atom. The molecule has 0 atom stereocenters. The highest BCUT2D eigenvalue weighted by molar-refractivity contribution is 5.49. The van der Waals surface area contributed by atoms with Gasteiger partial charge in [-0.05, 0) is 26.2 Å². The Balaban J connectivity index is 1.87. The largest absolute Gasteiger partial charge is 0.435 e. The van der Waals surface area contributed by atoms with Gasteiger partial charge in [0.2, 0.25) is 5.88 Å². The number of hydrogen-bond donors (Lipinski definition) is 1. The molecular formula is C15H21N5O. The Kier molecular flexibility index (Phi) is 3.77. The molecule has 3 rings (SSSR count). The van der Waals surface area contributed by atoms with Crippen molar-refractivity contribution in [2.45, 2.75) is 45.6 Å². The zero-order chi connectivity index (χ0) is 14.8. The molecule has 6 nitrogen and oxygen atoms in total. The lowest BCUT2D eigenvalue weighted by atomic mass is 10.3. The van der Waals surface area contributed by atoms with Gasteiger partial charge in [-0.15, -0.1) is 0 Å². The van der Waals surface area contributed by atoms with Crippen LogP contribution < -0.4 is 10.1 Å². The number of anilines is 1. The average molecular weight is 287 g/mol. The Hall–Kier alpha value is -2.11. The molecule has 1 saturated carbocycles. The summed E-state index contributed by atoms with van der Waals surface area (Å²) in [4.78, 5) is 9.15. The van der Waals surface area contributed by atoms with Gasteiger partial charge in [0, 0.05) is 19.5 Å². The van der Waals surface area contributed by atoms with E-state index in [1.165, 1.54) is 12.8 Å². The van der Waals surface area contributed by atoms with Crippen LogP contribution in [0.4, 0.5) is 5.82 Å². The predicted molar refractivity (Wildman–Crippen MR) is 80.9 cm³/mol. The molecule has 0 aromatic carbocycles. The van der Waals surface area contributed by atoms with Gasteiger partial charge in [0.1, 0.15) is 11.6 Å². The van der Waals surface area contributed by atoms with Gasteiger partial charge < -0.3 is 10.1 Å². The van der Waals surface area contributed by atoms with Gasteiger partial charge in [0.05, 0.1) is 18.0 Å². The average Bonchev–Trinajstić information content (AvgIpc) is 3.24. The standard InChI is InChI=1S/C15H21N5O/c1-4-7-20-9-12(8-17-20)21-15-10(2)13(16-3)18-14(19-15)11-5-6-11/h8-9,11H,4-7H2,1-3H3,(H,16,18,19). The quantitative estimate of drug-likeness (QED) is 0.884. The van der Waals surface area contributed by atoms with Crippen LogP contribution in [0.5, 0.6) is 11.6 Å². The van der Waals surface area contributed by atoms with Crippen molar-refractivity contribution in [3.05, 3.63) is 23.8 Å². The SMILES string of the molecule is CCCn1cc(Oc2nc(C3CC3)nc(NC)c2C)cn1. The van der Waals surface area contributed by atoms with Crippen molar-refractivity contribution in [2.24, 2.45) is 0 Å². The van der Waals surface area contributed by atoms with Crippen LogP contribution in [0.25, 0.3) is 0 Å². The van der Waals surface area contributed by atoms with Crippen LogP contribution >= 0.6 is 0 Å². The minimum absolute atomic E-state index is 0.489. The van der Waals surface area contributed by atoms with Gasteiger partial charge in [0.25, 0.3) is 0 Å². The van der Waals surface area contributed by atoms with E-state index in [4.69, 9.17) is 4.74 Å². The normalized spacial score (nSPS) is 14.2. The molecular weight excluding hydrogens is 266 g/mol. The fraction of sp³-hybridized carbons (Fsp3) is 0.533. The van der Waals surface area contributed by atoms with Crippen LogP contribution in [0.2, 0.25) is 0 Å². The molecule has 0 saturated heterocycles. The smallest absolute Gasteiger partial charge is 0.227 e. The minimum Gasteiger partial charge on any atom is -0.435 e. The van der Waals surface area contributed by atoms with Crippen molar-refractivity contribution in [3.8, 4) is 11.6 Å². The summed E-state index contributed by atoms with van der Waals surface area (Å²) in [5.74, 6) is 3.54. The monoisotopic (exact) mass is 287 g/mol. The maximum atomic E-state index is 5.92. The molecule has 6 heteroatoms. The van der Waals surface area contributed by atoms with Crippen LogP contribution in [-0.2, 0) is 6.54 Å². The highest BCUT2D eigenvalue weighted by Crippen LogP contribution is 2.40. The Labute approximate surface area is 124 Å². The summed E-state index contributed by atoms with van der Waals surface area (Å²) in [7, 11) is 1.87. The van der Waals surface area contributed by atoms with E-state index in [0.29, 0.717) is 17.5 Å². The van der Waals surface area contributed by atoms with E-state index < -0.39 is 0 Å². The van der Waals surface area contributed by atoms with Crippen molar-refractivity contribution in [2.75, 3.05) is 12.4 Å². The molecule has 1 aliphatic carbocycles. The van der Waals surface area contributed by atoms with Crippen LogP contribution in [0.3, 0.4) is 0 Å². The Morgan fingerprint density at radius 2 is 2.19 bits per heavy atom. The summed E-state index contributed by atoms with van der Waals surface area (Å²) in [5.41, 5.74) is 0.921. The molecule has 21 heavy (non-hydrogen) atoms. The van der Waals surface area contributed by atoms with Crippen molar-refractivity contribution in [1.82, 2.24) is 19.7 Å². The van der Waals surface area contributed by atoms with Crippen molar-refractivity contribution in [1.29, 1.82) is 0 Å². The summed E-state index contributed by atoms with van der Waals surface area (Å²) in [6, 6.07) is 0. The van der Waals surface area contributed by atoms with Crippen molar-refractivity contribution in [3.63, 3.8) is 0 Å². The predicted octanol–water partition coefficient (Wildman–Crippen LogP) is 3.10. The highest BCUT2D eigenvalue weighted by atomic mass is 16.5. The lowest BCUT2D eigenvalue weighted by molar-refractivity contribution is 0.453. The van der Waals surface area contributed by atoms with E-state index in [0.717, 1.165) is 30.2 Å². The molecule has 112 valence electrons. The summed E-state index contributed by atoms with van der Waals surface area (Å²) >= 11 is 0. The van der Waals surface area contributed by atoms with Crippen molar-refractivity contribution >= 4 is 5.82 Å². The third-order valence-corrected chi connectivity index (χ3v) is 3.57. The topological polar surface area (TPSA) is 64.9 Å². The second-order valence-corrected chi connectivity index (χ2v) is 5.43. The highest BCUT2D eigenvalue weighted by Gasteiger charge is 2.28. The molecule has 1 fully saturated rings. The van der Waals surface area contributed by atoms with E-state index in [2.05, 4.69) is 27.3 Å². The van der Waals surface area contributed by atoms with E-state index in [1.54, 1.807) is 6.20 Å². The second-order valence-electron chi connectivity index (χ2n) is 5.43. The van der Waals surface area contributed by atoms with Crippen molar-refractivity contribution < 1.29 is 4.74 Å². The molecule has 0 bridgehead atoms. The van der Waals surface area contributed by atoms with Gasteiger partial charge in [-0.2, -0.15) is 10.1 Å². The fourth-order valence-corrected chi connectivity index (χ4v) is 2.24. The second kappa shape index (κ2) is 5.71. The van der Waals surface area contributed by atoms with Gasteiger partial charge in [0.15, 0.2) is 5.75 Å². The third-order valence-electron chi connectivity index (χ3n) is 3.57. The van der Waals surface area contributed by atoms with Crippen LogP contribution in [0.1, 0.15) is 43.5 Å². The number of ether oxygens (including phenoxy) is 1. The van der Waals surface area contributed by atoms with E-state index in [1.807, 2.05) is 24.9 Å². The number of aryl methyl sites for hydroxylation is 1. The summed E-state index contributed by atoms with van der Waals surface area (Å²) in [6.07, 6.45) is 7.01. The number of nitrogens with one attached hydrogen (secondary N) is 1. The Bertz CT molecular complexity index is 633. The third kappa shape index (κ3) is 2.99. The minimum atomic E-state index is 0.489. The Morgan fingerprint density at radius 3 is 2.86 bits per heavy atom. The van der Waals surface area contributed by atoms with E-state index >= 15 is 0 Å². The van der Waals surface area contributed by atoms with Gasteiger partial charge in [-0.25, -0.2) is 4.98 Å². The summed E-state index contributed by atoms with van der Waals surface area (Å²) in [6.45, 7) is 4.98. The first-order valence-electron chi connectivity index (χ1n) is 7.47. The van der Waals surface area contributed by atoms with Crippen LogP contribution in [0, 0.1) is 6.92 Å². The number of hydrogen-bond acceptors (Lipinski definition) is 5. The van der Waals surface area contributed by atoms with Crippen LogP contribution in [0.15, 0.2) is 12.4 Å². The maximum absolute atomic E-state index is 5.92. The van der Waals surface area contributed by atoms with Gasteiger partial charge in [-0.1, -0.05) is 6.92 Å². The molecule has 1 aliphatic rings. The number of rotatable bonds is 6. The molecule has 0 amide bonds. The van der Waals surface area contributed by atoms with Gasteiger partial charge in [-0.3, -0.25) is 4.68 Å².